The molecule has 2 aromatic rings. The molecule has 36 heavy (non-hydrogen) atoms. The van der Waals surface area contributed by atoms with Crippen molar-refractivity contribution < 1.29 is 23.9 Å². The second kappa shape index (κ2) is 11.8. The first kappa shape index (κ1) is 25.3. The molecule has 2 heterocycles. The Bertz CT molecular complexity index is 1090. The highest BCUT2D eigenvalue weighted by atomic mass is 16.5. The van der Waals surface area contributed by atoms with Crippen LogP contribution in [0.2, 0.25) is 0 Å². The largest absolute Gasteiger partial charge is 0.497 e. The molecule has 10 heteroatoms. The molecule has 2 saturated heterocycles. The number of rotatable bonds is 8. The number of hydrogen-bond acceptors (Lipinski definition) is 7. The van der Waals surface area contributed by atoms with Crippen LogP contribution in [0, 0.1) is 0 Å². The normalized spacial score (nSPS) is 18.4. The van der Waals surface area contributed by atoms with Crippen LogP contribution in [0.3, 0.4) is 0 Å². The van der Waals surface area contributed by atoms with Gasteiger partial charge in [-0.25, -0.2) is 0 Å². The van der Waals surface area contributed by atoms with Crippen molar-refractivity contribution in [2.45, 2.75) is 12.5 Å². The minimum atomic E-state index is -0.848. The average Bonchev–Trinajstić information content (AvgIpc) is 2.90. The Labute approximate surface area is 211 Å². The summed E-state index contributed by atoms with van der Waals surface area (Å²) in [5.41, 5.74) is 1.61. The highest BCUT2D eigenvalue weighted by Crippen LogP contribution is 2.24. The zero-order valence-electron chi connectivity index (χ0n) is 20.7. The number of ether oxygens (including phenoxy) is 2. The van der Waals surface area contributed by atoms with Gasteiger partial charge in [0.15, 0.2) is 0 Å². The SMILES string of the molecule is COc1cccc(N2CCN(CC(=O)N3CCNC(=O)[C@@H]3CC(=O)Nc3ccccc3OC)CC2)c1. The third kappa shape index (κ3) is 6.06. The van der Waals surface area contributed by atoms with Crippen LogP contribution in [0.15, 0.2) is 48.5 Å². The molecule has 0 aromatic heterocycles. The zero-order chi connectivity index (χ0) is 25.5. The van der Waals surface area contributed by atoms with Crippen molar-refractivity contribution in [2.75, 3.05) is 70.2 Å². The summed E-state index contributed by atoms with van der Waals surface area (Å²) in [7, 11) is 3.18. The fourth-order valence-electron chi connectivity index (χ4n) is 4.59. The summed E-state index contributed by atoms with van der Waals surface area (Å²) < 4.78 is 10.6. The quantitative estimate of drug-likeness (QED) is 0.567. The molecule has 0 saturated carbocycles. The van der Waals surface area contributed by atoms with Gasteiger partial charge in [-0.15, -0.1) is 0 Å². The smallest absolute Gasteiger partial charge is 0.243 e. The van der Waals surface area contributed by atoms with Gasteiger partial charge in [0.1, 0.15) is 17.5 Å². The van der Waals surface area contributed by atoms with Crippen molar-refractivity contribution in [1.82, 2.24) is 15.1 Å². The molecule has 2 aliphatic rings. The van der Waals surface area contributed by atoms with Crippen molar-refractivity contribution in [2.24, 2.45) is 0 Å². The molecule has 0 aliphatic carbocycles. The molecule has 4 rings (SSSR count). The number of anilines is 2. The number of nitrogens with one attached hydrogen (secondary N) is 2. The van der Waals surface area contributed by atoms with Gasteiger partial charge < -0.3 is 29.9 Å². The van der Waals surface area contributed by atoms with Gasteiger partial charge in [-0.1, -0.05) is 18.2 Å². The topological polar surface area (TPSA) is 103 Å². The molecule has 192 valence electrons. The van der Waals surface area contributed by atoms with Crippen LogP contribution >= 0.6 is 0 Å². The third-order valence-corrected chi connectivity index (χ3v) is 6.56. The second-order valence-corrected chi connectivity index (χ2v) is 8.81. The van der Waals surface area contributed by atoms with Gasteiger partial charge in [-0.2, -0.15) is 0 Å². The number of piperazine rings is 2. The van der Waals surface area contributed by atoms with Crippen LogP contribution in [-0.4, -0.2) is 93.6 Å². The molecular weight excluding hydrogens is 462 g/mol. The van der Waals surface area contributed by atoms with E-state index in [2.05, 4.69) is 26.5 Å². The minimum Gasteiger partial charge on any atom is -0.497 e. The summed E-state index contributed by atoms with van der Waals surface area (Å²) in [5.74, 6) is 0.530. The van der Waals surface area contributed by atoms with Gasteiger partial charge in [-0.3, -0.25) is 19.3 Å². The molecule has 0 spiro atoms. The van der Waals surface area contributed by atoms with E-state index in [-0.39, 0.29) is 30.7 Å². The van der Waals surface area contributed by atoms with E-state index in [1.54, 1.807) is 31.4 Å². The molecule has 2 aliphatic heterocycles. The maximum atomic E-state index is 13.2. The van der Waals surface area contributed by atoms with Crippen LogP contribution in [0.25, 0.3) is 0 Å². The number of benzene rings is 2. The Kier molecular flexibility index (Phi) is 8.27. The molecule has 2 fully saturated rings. The number of carbonyl (C=O) groups is 3. The summed E-state index contributed by atoms with van der Waals surface area (Å²) in [4.78, 5) is 44.5. The van der Waals surface area contributed by atoms with Crippen molar-refractivity contribution >= 4 is 29.1 Å². The monoisotopic (exact) mass is 495 g/mol. The fourth-order valence-corrected chi connectivity index (χ4v) is 4.59. The Morgan fingerprint density at radius 2 is 1.78 bits per heavy atom. The van der Waals surface area contributed by atoms with E-state index in [1.807, 2.05) is 18.2 Å². The van der Waals surface area contributed by atoms with Gasteiger partial charge in [0, 0.05) is 51.0 Å². The first-order valence-electron chi connectivity index (χ1n) is 12.1. The van der Waals surface area contributed by atoms with Gasteiger partial charge in [0.05, 0.1) is 32.9 Å². The lowest BCUT2D eigenvalue weighted by Crippen LogP contribution is -2.60. The predicted octanol–water partition coefficient (Wildman–Crippen LogP) is 1.18. The number of amides is 3. The molecular formula is C26H33N5O5. The highest BCUT2D eigenvalue weighted by molar-refractivity contribution is 5.98. The number of carbonyl (C=O) groups excluding carboxylic acids is 3. The second-order valence-electron chi connectivity index (χ2n) is 8.81. The number of methoxy groups -OCH3 is 2. The lowest BCUT2D eigenvalue weighted by molar-refractivity contribution is -0.145. The van der Waals surface area contributed by atoms with E-state index in [0.29, 0.717) is 24.5 Å². The van der Waals surface area contributed by atoms with E-state index in [0.717, 1.165) is 37.6 Å². The van der Waals surface area contributed by atoms with Crippen LogP contribution in [0.4, 0.5) is 11.4 Å². The maximum Gasteiger partial charge on any atom is 0.243 e. The first-order valence-corrected chi connectivity index (χ1v) is 12.1. The summed E-state index contributed by atoms with van der Waals surface area (Å²) >= 11 is 0. The first-order chi connectivity index (χ1) is 17.5. The Morgan fingerprint density at radius 3 is 2.53 bits per heavy atom. The summed E-state index contributed by atoms with van der Waals surface area (Å²) in [5, 5.41) is 5.57. The van der Waals surface area contributed by atoms with E-state index in [1.165, 1.54) is 12.0 Å². The predicted molar refractivity (Wildman–Crippen MR) is 136 cm³/mol. The average molecular weight is 496 g/mol. The Balaban J connectivity index is 1.33. The maximum absolute atomic E-state index is 13.2. The van der Waals surface area contributed by atoms with Gasteiger partial charge >= 0.3 is 0 Å². The van der Waals surface area contributed by atoms with E-state index in [9.17, 15) is 14.4 Å². The minimum absolute atomic E-state index is 0.126. The summed E-state index contributed by atoms with van der Waals surface area (Å²) in [6.45, 7) is 3.98. The zero-order valence-corrected chi connectivity index (χ0v) is 20.7. The van der Waals surface area contributed by atoms with Gasteiger partial charge in [0.25, 0.3) is 0 Å². The molecule has 3 amide bonds. The van der Waals surface area contributed by atoms with E-state index in [4.69, 9.17) is 9.47 Å². The van der Waals surface area contributed by atoms with E-state index < -0.39 is 6.04 Å². The lowest BCUT2D eigenvalue weighted by atomic mass is 10.1. The molecule has 2 aromatic carbocycles. The Hall–Kier alpha value is -3.79. The molecule has 0 bridgehead atoms. The lowest BCUT2D eigenvalue weighted by Gasteiger charge is -2.39. The highest BCUT2D eigenvalue weighted by Gasteiger charge is 2.35. The van der Waals surface area contributed by atoms with Crippen LogP contribution in [-0.2, 0) is 14.4 Å². The van der Waals surface area contributed by atoms with Crippen molar-refractivity contribution in [3.05, 3.63) is 48.5 Å². The molecule has 0 radical (unpaired) electrons. The van der Waals surface area contributed by atoms with Crippen molar-refractivity contribution in [3.63, 3.8) is 0 Å². The summed E-state index contributed by atoms with van der Waals surface area (Å²) in [6.07, 6.45) is -0.126. The number of nitrogens with zero attached hydrogens (tertiary/aromatic N) is 3. The molecule has 0 unspecified atom stereocenters. The van der Waals surface area contributed by atoms with Crippen LogP contribution in [0.5, 0.6) is 11.5 Å². The number of para-hydroxylation sites is 2. The fraction of sp³-hybridized carbons (Fsp3) is 0.423. The van der Waals surface area contributed by atoms with Crippen molar-refractivity contribution in [3.8, 4) is 11.5 Å². The third-order valence-electron chi connectivity index (χ3n) is 6.56. The Morgan fingerprint density at radius 1 is 1.00 bits per heavy atom. The van der Waals surface area contributed by atoms with Gasteiger partial charge in [0.2, 0.25) is 17.7 Å². The standard InChI is InChI=1S/C26H33N5O5/c1-35-20-7-5-6-19(16-20)30-14-12-29(13-15-30)18-25(33)31-11-10-27-26(34)22(31)17-24(32)28-21-8-3-4-9-23(21)36-2/h3-9,16,22H,10-15,17-18H2,1-2H3,(H,27,34)(H,28,32)/t22-/m0/s1. The van der Waals surface area contributed by atoms with E-state index >= 15 is 0 Å². The van der Waals surface area contributed by atoms with Crippen molar-refractivity contribution in [1.29, 1.82) is 0 Å². The molecule has 10 nitrogen and oxygen atoms in total. The van der Waals surface area contributed by atoms with Crippen LogP contribution in [0.1, 0.15) is 6.42 Å². The summed E-state index contributed by atoms with van der Waals surface area (Å²) in [6, 6.07) is 14.2. The number of hydrogen-bond donors (Lipinski definition) is 2. The van der Waals surface area contributed by atoms with Crippen LogP contribution < -0.4 is 25.0 Å². The molecule has 2 N–H and O–H groups in total. The van der Waals surface area contributed by atoms with Gasteiger partial charge in [-0.05, 0) is 24.3 Å². The molecule has 1 atom stereocenters.